The number of amides is 1. The maximum Gasteiger partial charge on any atom is 0.263 e. The smallest absolute Gasteiger partial charge is 0.263 e. The van der Waals surface area contributed by atoms with Crippen LogP contribution in [0.4, 0.5) is 5.69 Å². The first-order chi connectivity index (χ1) is 14.6. The number of benzene rings is 2. The Bertz CT molecular complexity index is 1260. The highest BCUT2D eigenvalue weighted by Crippen LogP contribution is 2.31. The van der Waals surface area contributed by atoms with Gasteiger partial charge < -0.3 is 10.1 Å². The molecule has 1 N–H and O–H groups in total. The Labute approximate surface area is 177 Å². The predicted molar refractivity (Wildman–Crippen MR) is 120 cm³/mol. The highest BCUT2D eigenvalue weighted by Gasteiger charge is 2.15. The zero-order valence-corrected chi connectivity index (χ0v) is 17.5. The normalized spacial score (nSPS) is 10.9. The van der Waals surface area contributed by atoms with Crippen LogP contribution in [-0.2, 0) is 17.8 Å². The van der Waals surface area contributed by atoms with Gasteiger partial charge in [-0.3, -0.25) is 14.2 Å². The number of ether oxygens (including phenoxy) is 1. The van der Waals surface area contributed by atoms with Gasteiger partial charge in [-0.2, -0.15) is 0 Å². The van der Waals surface area contributed by atoms with E-state index in [1.165, 1.54) is 27.8 Å². The van der Waals surface area contributed by atoms with Crippen molar-refractivity contribution in [1.29, 1.82) is 0 Å². The number of carbonyl (C=O) groups excluding carboxylic acids is 1. The lowest BCUT2D eigenvalue weighted by molar-refractivity contribution is -0.116. The first-order valence-corrected chi connectivity index (χ1v) is 10.5. The second-order valence-electron chi connectivity index (χ2n) is 6.81. The van der Waals surface area contributed by atoms with Gasteiger partial charge in [-0.05, 0) is 29.7 Å². The van der Waals surface area contributed by atoms with Gasteiger partial charge in [-0.15, -0.1) is 11.3 Å². The molecule has 0 unspecified atom stereocenters. The summed E-state index contributed by atoms with van der Waals surface area (Å²) in [6.45, 7) is 1.97. The summed E-state index contributed by atoms with van der Waals surface area (Å²) in [5.41, 5.74) is 3.37. The number of thiophene rings is 1. The van der Waals surface area contributed by atoms with Crippen molar-refractivity contribution in [3.8, 4) is 16.9 Å². The molecule has 0 saturated heterocycles. The molecule has 0 aliphatic carbocycles. The van der Waals surface area contributed by atoms with Crippen LogP contribution in [-0.4, -0.2) is 22.6 Å². The fourth-order valence-corrected chi connectivity index (χ4v) is 4.21. The molecule has 2 aromatic heterocycles. The molecule has 0 spiro atoms. The van der Waals surface area contributed by atoms with E-state index >= 15 is 0 Å². The maximum atomic E-state index is 13.1. The van der Waals surface area contributed by atoms with Gasteiger partial charge in [-0.1, -0.05) is 43.3 Å². The first kappa shape index (κ1) is 19.8. The first-order valence-electron chi connectivity index (χ1n) is 9.59. The molecule has 152 valence electrons. The highest BCUT2D eigenvalue weighted by molar-refractivity contribution is 7.17. The number of rotatable bonds is 6. The molecule has 1 amide bonds. The van der Waals surface area contributed by atoms with Crippen molar-refractivity contribution in [1.82, 2.24) is 9.55 Å². The van der Waals surface area contributed by atoms with Gasteiger partial charge in [0.15, 0.2) is 0 Å². The topological polar surface area (TPSA) is 73.2 Å². The van der Waals surface area contributed by atoms with E-state index in [4.69, 9.17) is 4.74 Å². The van der Waals surface area contributed by atoms with Crippen molar-refractivity contribution in [3.05, 3.63) is 76.2 Å². The molecule has 0 fully saturated rings. The standard InChI is InChI=1S/C23H21N3O3S/c1-3-15-8-10-16(11-9-15)17-13-30-22-21(17)23(28)26(14-24-22)12-20(27)25-18-6-4-5-7-19(18)29-2/h4-11,13-14H,3,12H2,1-2H3,(H,25,27). The third-order valence-corrected chi connectivity index (χ3v) is 5.82. The third kappa shape index (κ3) is 3.84. The Morgan fingerprint density at radius 1 is 1.17 bits per heavy atom. The summed E-state index contributed by atoms with van der Waals surface area (Å²) in [4.78, 5) is 30.7. The summed E-state index contributed by atoms with van der Waals surface area (Å²) >= 11 is 1.43. The van der Waals surface area contributed by atoms with Gasteiger partial charge in [0.05, 0.1) is 24.5 Å². The van der Waals surface area contributed by atoms with Crippen LogP contribution in [0.5, 0.6) is 5.75 Å². The van der Waals surface area contributed by atoms with Crippen molar-refractivity contribution in [2.75, 3.05) is 12.4 Å². The van der Waals surface area contributed by atoms with Crippen molar-refractivity contribution in [2.24, 2.45) is 0 Å². The monoisotopic (exact) mass is 419 g/mol. The van der Waals surface area contributed by atoms with Gasteiger partial charge in [0, 0.05) is 10.9 Å². The molecule has 7 heteroatoms. The van der Waals surface area contributed by atoms with E-state index in [1.54, 1.807) is 25.3 Å². The van der Waals surface area contributed by atoms with Gasteiger partial charge >= 0.3 is 0 Å². The molecule has 30 heavy (non-hydrogen) atoms. The van der Waals surface area contributed by atoms with Crippen LogP contribution < -0.4 is 15.6 Å². The predicted octanol–water partition coefficient (Wildman–Crippen LogP) is 4.33. The number of aryl methyl sites for hydroxylation is 1. The van der Waals surface area contributed by atoms with Gasteiger partial charge in [-0.25, -0.2) is 4.98 Å². The van der Waals surface area contributed by atoms with E-state index in [0.29, 0.717) is 21.7 Å². The molecule has 0 bridgehead atoms. The van der Waals surface area contributed by atoms with E-state index in [9.17, 15) is 9.59 Å². The average molecular weight is 420 g/mol. The fourth-order valence-electron chi connectivity index (χ4n) is 3.30. The summed E-state index contributed by atoms with van der Waals surface area (Å²) in [7, 11) is 1.54. The number of carbonyl (C=O) groups is 1. The van der Waals surface area contributed by atoms with Crippen LogP contribution in [0.15, 0.2) is 65.0 Å². The van der Waals surface area contributed by atoms with Crippen LogP contribution in [0.3, 0.4) is 0 Å². The van der Waals surface area contributed by atoms with E-state index < -0.39 is 0 Å². The second kappa shape index (κ2) is 8.51. The van der Waals surface area contributed by atoms with E-state index in [0.717, 1.165) is 17.5 Å². The molecule has 4 rings (SSSR count). The van der Waals surface area contributed by atoms with Crippen molar-refractivity contribution in [2.45, 2.75) is 19.9 Å². The molecular formula is C23H21N3O3S. The minimum absolute atomic E-state index is 0.135. The van der Waals surface area contributed by atoms with Crippen LogP contribution in [0.2, 0.25) is 0 Å². The number of para-hydroxylation sites is 2. The van der Waals surface area contributed by atoms with E-state index in [1.807, 2.05) is 23.6 Å². The van der Waals surface area contributed by atoms with Gasteiger partial charge in [0.2, 0.25) is 5.91 Å². The van der Waals surface area contributed by atoms with Crippen molar-refractivity contribution < 1.29 is 9.53 Å². The summed E-state index contributed by atoms with van der Waals surface area (Å²) < 4.78 is 6.59. The number of aromatic nitrogens is 2. The molecule has 2 aromatic carbocycles. The Kier molecular flexibility index (Phi) is 5.63. The fraction of sp³-hybridized carbons (Fsp3) is 0.174. The molecule has 0 saturated carbocycles. The lowest BCUT2D eigenvalue weighted by Gasteiger charge is -2.11. The SMILES string of the molecule is CCc1ccc(-c2csc3ncn(CC(=O)Nc4ccccc4OC)c(=O)c23)cc1. The summed E-state index contributed by atoms with van der Waals surface area (Å²) in [5.74, 6) is 0.231. The van der Waals surface area contributed by atoms with Crippen LogP contribution in [0.1, 0.15) is 12.5 Å². The number of anilines is 1. The quantitative estimate of drug-likeness (QED) is 0.505. The maximum absolute atomic E-state index is 13.1. The number of hydrogen-bond acceptors (Lipinski definition) is 5. The molecule has 6 nitrogen and oxygen atoms in total. The molecule has 0 radical (unpaired) electrons. The molecule has 2 heterocycles. The Morgan fingerprint density at radius 3 is 2.67 bits per heavy atom. The lowest BCUT2D eigenvalue weighted by atomic mass is 10.0. The number of hydrogen-bond donors (Lipinski definition) is 1. The zero-order chi connectivity index (χ0) is 21.1. The molecule has 0 atom stereocenters. The minimum atomic E-state index is -0.327. The number of nitrogens with zero attached hydrogens (tertiary/aromatic N) is 2. The largest absolute Gasteiger partial charge is 0.495 e. The van der Waals surface area contributed by atoms with E-state index in [2.05, 4.69) is 29.4 Å². The summed E-state index contributed by atoms with van der Waals surface area (Å²) in [6, 6.07) is 15.3. The molecule has 0 aliphatic rings. The van der Waals surface area contributed by atoms with Crippen LogP contribution >= 0.6 is 11.3 Å². The van der Waals surface area contributed by atoms with Crippen LogP contribution in [0.25, 0.3) is 21.3 Å². The molecule has 0 aliphatic heterocycles. The highest BCUT2D eigenvalue weighted by atomic mass is 32.1. The Morgan fingerprint density at radius 2 is 1.93 bits per heavy atom. The van der Waals surface area contributed by atoms with Gasteiger partial charge in [0.1, 0.15) is 17.1 Å². The van der Waals surface area contributed by atoms with Crippen LogP contribution in [0, 0.1) is 0 Å². The Balaban J connectivity index is 1.64. The third-order valence-electron chi connectivity index (χ3n) is 4.93. The number of nitrogens with one attached hydrogen (secondary N) is 1. The van der Waals surface area contributed by atoms with Crippen molar-refractivity contribution in [3.63, 3.8) is 0 Å². The average Bonchev–Trinajstić information content (AvgIpc) is 3.21. The minimum Gasteiger partial charge on any atom is -0.495 e. The molecular weight excluding hydrogens is 398 g/mol. The number of fused-ring (bicyclic) bond motifs is 1. The second-order valence-corrected chi connectivity index (χ2v) is 7.66. The summed E-state index contributed by atoms with van der Waals surface area (Å²) in [6.07, 6.45) is 2.38. The number of methoxy groups -OCH3 is 1. The zero-order valence-electron chi connectivity index (χ0n) is 16.7. The summed E-state index contributed by atoms with van der Waals surface area (Å²) in [5, 5.41) is 5.27. The molecule has 4 aromatic rings. The van der Waals surface area contributed by atoms with Gasteiger partial charge in [0.25, 0.3) is 5.56 Å². The van der Waals surface area contributed by atoms with E-state index in [-0.39, 0.29) is 18.0 Å². The van der Waals surface area contributed by atoms with Crippen molar-refractivity contribution >= 4 is 33.1 Å². The lowest BCUT2D eigenvalue weighted by Crippen LogP contribution is -2.27. The Hall–Kier alpha value is -3.45.